The van der Waals surface area contributed by atoms with E-state index in [1.165, 1.54) is 0 Å². The number of aromatic nitrogens is 2. The first-order chi connectivity index (χ1) is 11.3. The van der Waals surface area contributed by atoms with E-state index in [1.807, 2.05) is 24.3 Å². The molecule has 0 radical (unpaired) electrons. The van der Waals surface area contributed by atoms with E-state index in [2.05, 4.69) is 30.9 Å². The molecule has 128 valence electrons. The van der Waals surface area contributed by atoms with Crippen LogP contribution in [0.25, 0.3) is 11.4 Å². The molecule has 1 aromatic heterocycles. The maximum absolute atomic E-state index is 12.6. The van der Waals surface area contributed by atoms with Crippen molar-refractivity contribution in [2.24, 2.45) is 11.1 Å². The second-order valence-electron chi connectivity index (χ2n) is 7.63. The maximum atomic E-state index is 12.6. The van der Waals surface area contributed by atoms with Gasteiger partial charge >= 0.3 is 0 Å². The van der Waals surface area contributed by atoms with Gasteiger partial charge in [-0.3, -0.25) is 4.79 Å². The van der Waals surface area contributed by atoms with Crippen molar-refractivity contribution in [1.82, 2.24) is 15.0 Å². The zero-order valence-corrected chi connectivity index (χ0v) is 14.5. The van der Waals surface area contributed by atoms with Gasteiger partial charge in [-0.1, -0.05) is 38.1 Å². The molecule has 0 bridgehead atoms. The van der Waals surface area contributed by atoms with Crippen LogP contribution in [0.3, 0.4) is 0 Å². The van der Waals surface area contributed by atoms with Crippen molar-refractivity contribution < 1.29 is 9.32 Å². The van der Waals surface area contributed by atoms with Gasteiger partial charge in [-0.05, 0) is 24.0 Å². The minimum Gasteiger partial charge on any atom is -0.339 e. The zero-order valence-electron chi connectivity index (χ0n) is 14.5. The third-order valence-electron chi connectivity index (χ3n) is 4.03. The Labute approximate surface area is 142 Å². The molecule has 24 heavy (non-hydrogen) atoms. The highest BCUT2D eigenvalue weighted by molar-refractivity contribution is 5.95. The molecule has 2 heterocycles. The van der Waals surface area contributed by atoms with E-state index < -0.39 is 0 Å². The van der Waals surface area contributed by atoms with Gasteiger partial charge in [0, 0.05) is 36.7 Å². The first-order valence-electron chi connectivity index (χ1n) is 8.30. The third kappa shape index (κ3) is 3.82. The van der Waals surface area contributed by atoms with Crippen LogP contribution in [0.15, 0.2) is 28.8 Å². The standard InChI is InChI=1S/C18H24N4O2/c1-18(2,3)10-15-20-16(21-24-15)12-5-4-6-13(9-12)17(23)22-8-7-14(19)11-22/h4-6,9,14H,7-8,10-11,19H2,1-3H3/t14-/m1/s1. The number of carbonyl (C=O) groups excluding carboxylic acids is 1. The average molecular weight is 328 g/mol. The number of nitrogens with two attached hydrogens (primary N) is 1. The fraction of sp³-hybridized carbons (Fsp3) is 0.500. The van der Waals surface area contributed by atoms with Gasteiger partial charge in [0.1, 0.15) is 0 Å². The lowest BCUT2D eigenvalue weighted by Gasteiger charge is -2.16. The van der Waals surface area contributed by atoms with Gasteiger partial charge in [0.2, 0.25) is 11.7 Å². The molecule has 0 spiro atoms. The van der Waals surface area contributed by atoms with Crippen LogP contribution in [0.4, 0.5) is 0 Å². The summed E-state index contributed by atoms with van der Waals surface area (Å²) in [5.41, 5.74) is 7.38. The maximum Gasteiger partial charge on any atom is 0.253 e. The van der Waals surface area contributed by atoms with Crippen molar-refractivity contribution in [3.8, 4) is 11.4 Å². The molecule has 2 aromatic rings. The molecule has 1 aromatic carbocycles. The summed E-state index contributed by atoms with van der Waals surface area (Å²) >= 11 is 0. The summed E-state index contributed by atoms with van der Waals surface area (Å²) in [6.45, 7) is 7.69. The van der Waals surface area contributed by atoms with Gasteiger partial charge in [0.15, 0.2) is 0 Å². The molecule has 0 aliphatic carbocycles. The normalized spacial score (nSPS) is 18.2. The van der Waals surface area contributed by atoms with Crippen LogP contribution in [-0.2, 0) is 6.42 Å². The van der Waals surface area contributed by atoms with E-state index in [4.69, 9.17) is 10.3 Å². The molecule has 1 aliphatic rings. The number of hydrogen-bond donors (Lipinski definition) is 1. The predicted octanol–water partition coefficient (Wildman–Crippen LogP) is 2.50. The minimum absolute atomic E-state index is 0.00297. The van der Waals surface area contributed by atoms with Crippen molar-refractivity contribution in [3.63, 3.8) is 0 Å². The Morgan fingerprint density at radius 1 is 1.42 bits per heavy atom. The highest BCUT2D eigenvalue weighted by Gasteiger charge is 2.25. The minimum atomic E-state index is 0.00297. The molecule has 6 heteroatoms. The van der Waals surface area contributed by atoms with Crippen LogP contribution in [0.1, 0.15) is 43.4 Å². The van der Waals surface area contributed by atoms with Crippen molar-refractivity contribution >= 4 is 5.91 Å². The Bertz CT molecular complexity index is 733. The molecule has 0 saturated carbocycles. The van der Waals surface area contributed by atoms with E-state index in [0.717, 1.165) is 12.0 Å². The van der Waals surface area contributed by atoms with E-state index in [1.54, 1.807) is 4.90 Å². The lowest BCUT2D eigenvalue weighted by Crippen LogP contribution is -2.31. The Morgan fingerprint density at radius 3 is 2.88 bits per heavy atom. The number of rotatable bonds is 3. The van der Waals surface area contributed by atoms with Crippen LogP contribution < -0.4 is 5.73 Å². The van der Waals surface area contributed by atoms with E-state index in [-0.39, 0.29) is 17.4 Å². The molecule has 1 saturated heterocycles. The quantitative estimate of drug-likeness (QED) is 0.935. The Morgan fingerprint density at radius 2 is 2.21 bits per heavy atom. The fourth-order valence-corrected chi connectivity index (χ4v) is 2.84. The summed E-state index contributed by atoms with van der Waals surface area (Å²) in [5, 5.41) is 4.05. The van der Waals surface area contributed by atoms with Crippen LogP contribution in [0.5, 0.6) is 0 Å². The lowest BCUT2D eigenvalue weighted by atomic mass is 9.92. The summed E-state index contributed by atoms with van der Waals surface area (Å²) < 4.78 is 5.34. The first-order valence-corrected chi connectivity index (χ1v) is 8.30. The first kappa shape index (κ1) is 16.6. The summed E-state index contributed by atoms with van der Waals surface area (Å²) in [7, 11) is 0. The second kappa shape index (κ2) is 6.36. The number of benzene rings is 1. The van der Waals surface area contributed by atoms with Crippen LogP contribution in [-0.4, -0.2) is 40.1 Å². The van der Waals surface area contributed by atoms with Gasteiger partial charge in [-0.15, -0.1) is 0 Å². The van der Waals surface area contributed by atoms with Crippen LogP contribution >= 0.6 is 0 Å². The Hall–Kier alpha value is -2.21. The Balaban J connectivity index is 1.79. The lowest BCUT2D eigenvalue weighted by molar-refractivity contribution is 0.0791. The Kier molecular flexibility index (Phi) is 4.41. The predicted molar refractivity (Wildman–Crippen MR) is 91.4 cm³/mol. The average Bonchev–Trinajstić information content (AvgIpc) is 3.14. The number of nitrogens with zero attached hydrogens (tertiary/aromatic N) is 3. The molecule has 6 nitrogen and oxygen atoms in total. The van der Waals surface area contributed by atoms with Crippen LogP contribution in [0, 0.1) is 5.41 Å². The highest BCUT2D eigenvalue weighted by atomic mass is 16.5. The summed E-state index contributed by atoms with van der Waals surface area (Å²) in [6, 6.07) is 7.44. The molecule has 1 aliphatic heterocycles. The molecule has 3 rings (SSSR count). The van der Waals surface area contributed by atoms with E-state index in [0.29, 0.717) is 36.8 Å². The van der Waals surface area contributed by atoms with Gasteiger partial charge in [0.05, 0.1) is 0 Å². The van der Waals surface area contributed by atoms with Gasteiger partial charge in [-0.2, -0.15) is 4.98 Å². The number of amides is 1. The molecular formula is C18H24N4O2. The zero-order chi connectivity index (χ0) is 17.3. The molecule has 0 unspecified atom stereocenters. The second-order valence-corrected chi connectivity index (χ2v) is 7.63. The van der Waals surface area contributed by atoms with E-state index in [9.17, 15) is 4.79 Å². The van der Waals surface area contributed by atoms with Gasteiger partial charge < -0.3 is 15.2 Å². The number of carbonyl (C=O) groups is 1. The van der Waals surface area contributed by atoms with Crippen LogP contribution in [0.2, 0.25) is 0 Å². The molecule has 2 N–H and O–H groups in total. The SMILES string of the molecule is CC(C)(C)Cc1nc(-c2cccc(C(=O)N3CC[C@@H](N)C3)c2)no1. The molecule has 1 atom stereocenters. The third-order valence-corrected chi connectivity index (χ3v) is 4.03. The summed E-state index contributed by atoms with van der Waals surface area (Å²) in [6.07, 6.45) is 1.57. The monoisotopic (exact) mass is 328 g/mol. The van der Waals surface area contributed by atoms with Gasteiger partial charge in [-0.25, -0.2) is 0 Å². The molecular weight excluding hydrogens is 304 g/mol. The van der Waals surface area contributed by atoms with Gasteiger partial charge in [0.25, 0.3) is 5.91 Å². The topological polar surface area (TPSA) is 85.2 Å². The smallest absolute Gasteiger partial charge is 0.253 e. The van der Waals surface area contributed by atoms with Crippen molar-refractivity contribution in [2.75, 3.05) is 13.1 Å². The molecule has 1 amide bonds. The highest BCUT2D eigenvalue weighted by Crippen LogP contribution is 2.23. The van der Waals surface area contributed by atoms with Crippen molar-refractivity contribution in [3.05, 3.63) is 35.7 Å². The fourth-order valence-electron chi connectivity index (χ4n) is 2.84. The van der Waals surface area contributed by atoms with Crippen molar-refractivity contribution in [2.45, 2.75) is 39.7 Å². The number of likely N-dealkylation sites (tertiary alicyclic amines) is 1. The molecule has 1 fully saturated rings. The summed E-state index contributed by atoms with van der Waals surface area (Å²) in [4.78, 5) is 18.8. The van der Waals surface area contributed by atoms with Crippen molar-refractivity contribution in [1.29, 1.82) is 0 Å². The summed E-state index contributed by atoms with van der Waals surface area (Å²) in [5.74, 6) is 1.13. The number of hydrogen-bond acceptors (Lipinski definition) is 5. The van der Waals surface area contributed by atoms with E-state index >= 15 is 0 Å². The largest absolute Gasteiger partial charge is 0.339 e.